The number of ether oxygens (including phenoxy) is 1. The molecular weight excluding hydrogens is 400 g/mol. The van der Waals surface area contributed by atoms with Crippen molar-refractivity contribution in [1.29, 1.82) is 0 Å². The van der Waals surface area contributed by atoms with E-state index in [9.17, 15) is 9.59 Å². The van der Waals surface area contributed by atoms with Crippen LogP contribution in [0, 0.1) is 12.3 Å². The van der Waals surface area contributed by atoms with Crippen LogP contribution in [0.1, 0.15) is 22.6 Å². The largest absolute Gasteiger partial charge is 0.449 e. The van der Waals surface area contributed by atoms with Crippen molar-refractivity contribution in [2.45, 2.75) is 18.4 Å². The molecule has 1 aliphatic carbocycles. The van der Waals surface area contributed by atoms with Gasteiger partial charge in [-0.1, -0.05) is 84.8 Å². The van der Waals surface area contributed by atoms with E-state index in [1.807, 2.05) is 54.6 Å². The summed E-state index contributed by atoms with van der Waals surface area (Å²) in [5, 5.41) is 5.34. The number of nitrogens with one attached hydrogen (secondary N) is 2. The molecule has 0 saturated carbocycles. The van der Waals surface area contributed by atoms with Gasteiger partial charge < -0.3 is 15.4 Å². The van der Waals surface area contributed by atoms with E-state index >= 15 is 0 Å². The third-order valence-corrected chi connectivity index (χ3v) is 5.60. The van der Waals surface area contributed by atoms with Gasteiger partial charge in [0.05, 0.1) is 6.54 Å². The van der Waals surface area contributed by atoms with Crippen molar-refractivity contribution < 1.29 is 14.3 Å². The molecule has 5 nitrogen and oxygen atoms in total. The molecule has 0 bridgehead atoms. The number of hydrogen-bond acceptors (Lipinski definition) is 3. The summed E-state index contributed by atoms with van der Waals surface area (Å²) in [6, 6.07) is 25.0. The summed E-state index contributed by atoms with van der Waals surface area (Å²) in [5.74, 6) is 1.98. The first-order valence-electron chi connectivity index (χ1n) is 10.5. The quantitative estimate of drug-likeness (QED) is 0.566. The minimum atomic E-state index is -0.790. The minimum absolute atomic E-state index is 0.0454. The van der Waals surface area contributed by atoms with Crippen molar-refractivity contribution in [2.75, 3.05) is 13.2 Å². The number of hydrogen-bond donors (Lipinski definition) is 2. The zero-order valence-electron chi connectivity index (χ0n) is 17.6. The molecule has 3 aromatic rings. The average Bonchev–Trinajstić information content (AvgIpc) is 3.15. The number of carbonyl (C=O) groups excluding carboxylic acids is 2. The van der Waals surface area contributed by atoms with E-state index in [1.165, 1.54) is 0 Å². The van der Waals surface area contributed by atoms with E-state index < -0.39 is 12.1 Å². The van der Waals surface area contributed by atoms with Crippen LogP contribution in [0.15, 0.2) is 78.9 Å². The first-order valence-corrected chi connectivity index (χ1v) is 10.5. The molecule has 2 N–H and O–H groups in total. The van der Waals surface area contributed by atoms with Gasteiger partial charge in [0.1, 0.15) is 12.6 Å². The zero-order valence-corrected chi connectivity index (χ0v) is 17.6. The van der Waals surface area contributed by atoms with E-state index in [2.05, 4.69) is 40.8 Å². The number of alkyl carbamates (subject to hydrolysis) is 1. The maximum Gasteiger partial charge on any atom is 0.407 e. The lowest BCUT2D eigenvalue weighted by molar-refractivity contribution is -0.122. The average molecular weight is 425 g/mol. The Morgan fingerprint density at radius 1 is 0.906 bits per heavy atom. The second-order valence-electron chi connectivity index (χ2n) is 7.63. The molecule has 1 aliphatic rings. The molecule has 0 fully saturated rings. The van der Waals surface area contributed by atoms with Crippen LogP contribution in [0.2, 0.25) is 0 Å². The summed E-state index contributed by atoms with van der Waals surface area (Å²) in [4.78, 5) is 25.2. The van der Waals surface area contributed by atoms with Gasteiger partial charge in [-0.15, -0.1) is 6.42 Å². The molecule has 0 saturated heterocycles. The molecule has 160 valence electrons. The van der Waals surface area contributed by atoms with E-state index in [4.69, 9.17) is 11.2 Å². The number of benzene rings is 3. The molecule has 5 heteroatoms. The van der Waals surface area contributed by atoms with Gasteiger partial charge in [0.25, 0.3) is 0 Å². The van der Waals surface area contributed by atoms with E-state index in [1.54, 1.807) is 0 Å². The lowest BCUT2D eigenvalue weighted by Crippen LogP contribution is -2.48. The van der Waals surface area contributed by atoms with Gasteiger partial charge >= 0.3 is 6.09 Å². The third kappa shape index (κ3) is 4.65. The number of carbonyl (C=O) groups is 2. The van der Waals surface area contributed by atoms with Gasteiger partial charge in [-0.2, -0.15) is 0 Å². The lowest BCUT2D eigenvalue weighted by atomic mass is 9.98. The molecule has 0 spiro atoms. The zero-order chi connectivity index (χ0) is 22.3. The minimum Gasteiger partial charge on any atom is -0.449 e. The van der Waals surface area contributed by atoms with Gasteiger partial charge in [0.2, 0.25) is 5.91 Å². The molecule has 4 rings (SSSR count). The van der Waals surface area contributed by atoms with Gasteiger partial charge in [0.15, 0.2) is 0 Å². The summed E-state index contributed by atoms with van der Waals surface area (Å²) in [5.41, 5.74) is 5.51. The van der Waals surface area contributed by atoms with E-state index in [0.29, 0.717) is 6.42 Å². The first-order chi connectivity index (χ1) is 15.7. The Morgan fingerprint density at radius 2 is 1.50 bits per heavy atom. The van der Waals surface area contributed by atoms with Gasteiger partial charge in [-0.3, -0.25) is 4.79 Å². The summed E-state index contributed by atoms with van der Waals surface area (Å²) in [6.45, 7) is 0.278. The fourth-order valence-corrected chi connectivity index (χ4v) is 4.10. The van der Waals surface area contributed by atoms with Gasteiger partial charge in [0, 0.05) is 12.3 Å². The number of amides is 2. The predicted molar refractivity (Wildman–Crippen MR) is 124 cm³/mol. The molecule has 0 radical (unpaired) electrons. The Bertz CT molecular complexity index is 1110. The molecule has 0 aliphatic heterocycles. The van der Waals surface area contributed by atoms with Crippen LogP contribution < -0.4 is 10.6 Å². The first kappa shape index (κ1) is 21.2. The normalized spacial score (nSPS) is 12.7. The van der Waals surface area contributed by atoms with Crippen molar-refractivity contribution >= 4 is 12.0 Å². The number of rotatable bonds is 7. The van der Waals surface area contributed by atoms with E-state index in [-0.39, 0.29) is 25.0 Å². The Balaban J connectivity index is 1.44. The fourth-order valence-electron chi connectivity index (χ4n) is 4.10. The molecule has 1 atom stereocenters. The molecule has 0 heterocycles. The van der Waals surface area contributed by atoms with E-state index in [0.717, 1.165) is 27.8 Å². The highest BCUT2D eigenvalue weighted by molar-refractivity contribution is 5.86. The summed E-state index contributed by atoms with van der Waals surface area (Å²) in [7, 11) is 0. The lowest BCUT2D eigenvalue weighted by Gasteiger charge is -2.19. The second-order valence-corrected chi connectivity index (χ2v) is 7.63. The molecule has 32 heavy (non-hydrogen) atoms. The molecule has 2 amide bonds. The smallest absolute Gasteiger partial charge is 0.407 e. The highest BCUT2D eigenvalue weighted by Crippen LogP contribution is 2.44. The maximum atomic E-state index is 12.6. The summed E-state index contributed by atoms with van der Waals surface area (Å²) in [6.07, 6.45) is 4.95. The van der Waals surface area contributed by atoms with Crippen molar-refractivity contribution in [1.82, 2.24) is 10.6 Å². The highest BCUT2D eigenvalue weighted by atomic mass is 16.5. The van der Waals surface area contributed by atoms with Crippen LogP contribution >= 0.6 is 0 Å². The van der Waals surface area contributed by atoms with Crippen molar-refractivity contribution in [2.24, 2.45) is 0 Å². The van der Waals surface area contributed by atoms with Crippen LogP contribution in [0.3, 0.4) is 0 Å². The summed E-state index contributed by atoms with van der Waals surface area (Å²) >= 11 is 0. The number of terminal acetylenes is 1. The van der Waals surface area contributed by atoms with Crippen LogP contribution in [-0.4, -0.2) is 31.2 Å². The second kappa shape index (κ2) is 9.84. The van der Waals surface area contributed by atoms with Crippen molar-refractivity contribution in [3.05, 3.63) is 95.6 Å². The van der Waals surface area contributed by atoms with Gasteiger partial charge in [-0.05, 0) is 27.8 Å². The van der Waals surface area contributed by atoms with Crippen LogP contribution in [0.4, 0.5) is 4.79 Å². The monoisotopic (exact) mass is 424 g/mol. The predicted octanol–water partition coefficient (Wildman–Crippen LogP) is 3.89. The topological polar surface area (TPSA) is 67.4 Å². The molecule has 1 unspecified atom stereocenters. The fraction of sp³-hybridized carbons (Fsp3) is 0.185. The molecule has 0 aromatic heterocycles. The highest BCUT2D eigenvalue weighted by Gasteiger charge is 2.29. The van der Waals surface area contributed by atoms with Crippen LogP contribution in [0.25, 0.3) is 11.1 Å². The van der Waals surface area contributed by atoms with Crippen molar-refractivity contribution in [3.63, 3.8) is 0 Å². The molecule has 3 aromatic carbocycles. The Morgan fingerprint density at radius 3 is 2.12 bits per heavy atom. The third-order valence-electron chi connectivity index (χ3n) is 5.60. The number of fused-ring (bicyclic) bond motifs is 3. The Hall–Kier alpha value is -4.04. The molecular formula is C27H24N2O3. The van der Waals surface area contributed by atoms with Crippen LogP contribution in [-0.2, 0) is 16.0 Å². The summed E-state index contributed by atoms with van der Waals surface area (Å²) < 4.78 is 5.59. The Kier molecular flexibility index (Phi) is 6.52. The van der Waals surface area contributed by atoms with Crippen molar-refractivity contribution in [3.8, 4) is 23.5 Å². The Labute approximate surface area is 187 Å². The standard InChI is InChI=1S/C27H24N2O3/c1-2-16-28-26(30)25(17-19-10-4-3-5-11-19)29-27(31)32-18-24-22-14-8-6-12-20(22)21-13-7-9-15-23(21)24/h1,3-15,24-25H,16-18H2,(H,28,30)(H,29,31). The van der Waals surface area contributed by atoms with Gasteiger partial charge in [-0.25, -0.2) is 4.79 Å². The SMILES string of the molecule is C#CCNC(=O)C(Cc1ccccc1)NC(=O)OCC1c2ccccc2-c2ccccc21. The van der Waals surface area contributed by atoms with Crippen LogP contribution in [0.5, 0.6) is 0 Å². The maximum absolute atomic E-state index is 12.6.